The summed E-state index contributed by atoms with van der Waals surface area (Å²) in [6.07, 6.45) is 8.41. The molecule has 0 amide bonds. The molecule has 1 aliphatic heterocycles. The Morgan fingerprint density at radius 1 is 1.10 bits per heavy atom. The van der Waals surface area contributed by atoms with Gasteiger partial charge in [0.2, 0.25) is 0 Å². The Hall–Kier alpha value is -0.0800. The minimum atomic E-state index is 0.363. The predicted octanol–water partition coefficient (Wildman–Crippen LogP) is 4.06. The highest BCUT2D eigenvalue weighted by Crippen LogP contribution is 2.35. The first-order valence-electron chi connectivity index (χ1n) is 8.89. The zero-order chi connectivity index (χ0) is 14.8. The van der Waals surface area contributed by atoms with Crippen LogP contribution in [0.2, 0.25) is 0 Å². The van der Waals surface area contributed by atoms with Crippen molar-refractivity contribution >= 4 is 0 Å². The Morgan fingerprint density at radius 2 is 1.70 bits per heavy atom. The molecule has 2 aliphatic rings. The second-order valence-corrected chi connectivity index (χ2v) is 8.29. The summed E-state index contributed by atoms with van der Waals surface area (Å²) in [5, 5.41) is 3.87. The molecular formula is C18H36N2. The van der Waals surface area contributed by atoms with Crippen LogP contribution in [0.5, 0.6) is 0 Å². The molecule has 2 nitrogen and oxygen atoms in total. The Kier molecular flexibility index (Phi) is 5.18. The van der Waals surface area contributed by atoms with E-state index in [-0.39, 0.29) is 0 Å². The molecule has 2 fully saturated rings. The van der Waals surface area contributed by atoms with Crippen LogP contribution in [-0.4, -0.2) is 36.1 Å². The average molecular weight is 280 g/mol. The van der Waals surface area contributed by atoms with Gasteiger partial charge in [-0.05, 0) is 37.0 Å². The molecule has 118 valence electrons. The van der Waals surface area contributed by atoms with Crippen molar-refractivity contribution in [3.63, 3.8) is 0 Å². The molecule has 1 heterocycles. The lowest BCUT2D eigenvalue weighted by atomic mass is 9.79. The number of nitrogens with one attached hydrogen (secondary N) is 1. The third kappa shape index (κ3) is 3.39. The standard InChI is InChI=1S/C18H36N2/c1-6-18(7-2)14-19-16(17(3,4)5)13-20(18)12-15-10-8-9-11-15/h15-16,19H,6-14H2,1-5H3. The average Bonchev–Trinajstić information content (AvgIpc) is 2.91. The van der Waals surface area contributed by atoms with Crippen molar-refractivity contribution in [2.75, 3.05) is 19.6 Å². The van der Waals surface area contributed by atoms with E-state index < -0.39 is 0 Å². The molecular weight excluding hydrogens is 244 g/mol. The maximum Gasteiger partial charge on any atom is 0.0329 e. The van der Waals surface area contributed by atoms with Crippen LogP contribution in [0.1, 0.15) is 73.1 Å². The molecule has 2 rings (SSSR count). The molecule has 0 aromatic rings. The maximum absolute atomic E-state index is 3.87. The van der Waals surface area contributed by atoms with Crippen LogP contribution in [0.25, 0.3) is 0 Å². The lowest BCUT2D eigenvalue weighted by Gasteiger charge is -2.53. The minimum Gasteiger partial charge on any atom is -0.310 e. The molecule has 0 bridgehead atoms. The van der Waals surface area contributed by atoms with E-state index in [9.17, 15) is 0 Å². The van der Waals surface area contributed by atoms with Gasteiger partial charge in [0.15, 0.2) is 0 Å². The van der Waals surface area contributed by atoms with E-state index in [0.29, 0.717) is 17.0 Å². The van der Waals surface area contributed by atoms with Gasteiger partial charge in [-0.3, -0.25) is 4.90 Å². The molecule has 1 atom stereocenters. The molecule has 1 unspecified atom stereocenters. The van der Waals surface area contributed by atoms with Gasteiger partial charge < -0.3 is 5.32 Å². The van der Waals surface area contributed by atoms with E-state index in [1.54, 1.807) is 0 Å². The molecule has 0 spiro atoms. The van der Waals surface area contributed by atoms with Crippen molar-refractivity contribution in [3.8, 4) is 0 Å². The Morgan fingerprint density at radius 3 is 2.20 bits per heavy atom. The number of hydrogen-bond acceptors (Lipinski definition) is 2. The summed E-state index contributed by atoms with van der Waals surface area (Å²) in [5.41, 5.74) is 0.770. The van der Waals surface area contributed by atoms with Gasteiger partial charge in [0.25, 0.3) is 0 Å². The third-order valence-corrected chi connectivity index (χ3v) is 6.07. The van der Waals surface area contributed by atoms with Crippen LogP contribution in [0.3, 0.4) is 0 Å². The van der Waals surface area contributed by atoms with E-state index in [1.807, 2.05) is 0 Å². The second kappa shape index (κ2) is 6.36. The first-order chi connectivity index (χ1) is 9.41. The first kappa shape index (κ1) is 16.3. The van der Waals surface area contributed by atoms with Crippen LogP contribution < -0.4 is 5.32 Å². The minimum absolute atomic E-state index is 0.363. The molecule has 20 heavy (non-hydrogen) atoms. The van der Waals surface area contributed by atoms with Gasteiger partial charge in [-0.15, -0.1) is 0 Å². The fourth-order valence-electron chi connectivity index (χ4n) is 4.20. The highest BCUT2D eigenvalue weighted by atomic mass is 15.3. The van der Waals surface area contributed by atoms with Gasteiger partial charge in [0, 0.05) is 31.2 Å². The highest BCUT2D eigenvalue weighted by Gasteiger charge is 2.42. The van der Waals surface area contributed by atoms with Crippen molar-refractivity contribution in [2.24, 2.45) is 11.3 Å². The van der Waals surface area contributed by atoms with Gasteiger partial charge >= 0.3 is 0 Å². The van der Waals surface area contributed by atoms with E-state index in [1.165, 1.54) is 58.2 Å². The highest BCUT2D eigenvalue weighted by molar-refractivity contribution is 5.00. The van der Waals surface area contributed by atoms with E-state index >= 15 is 0 Å². The van der Waals surface area contributed by atoms with Crippen molar-refractivity contribution < 1.29 is 0 Å². The Labute approximate surface area is 126 Å². The van der Waals surface area contributed by atoms with Gasteiger partial charge in [0.05, 0.1) is 0 Å². The van der Waals surface area contributed by atoms with Crippen LogP contribution in [0.15, 0.2) is 0 Å². The summed E-state index contributed by atoms with van der Waals surface area (Å²) < 4.78 is 0. The van der Waals surface area contributed by atoms with Gasteiger partial charge in [0.1, 0.15) is 0 Å². The topological polar surface area (TPSA) is 15.3 Å². The lowest BCUT2D eigenvalue weighted by molar-refractivity contribution is -0.00237. The molecule has 2 heteroatoms. The summed E-state index contributed by atoms with van der Waals surface area (Å²) in [4.78, 5) is 2.87. The summed E-state index contributed by atoms with van der Waals surface area (Å²) in [6, 6.07) is 0.634. The number of hydrogen-bond donors (Lipinski definition) is 1. The van der Waals surface area contributed by atoms with E-state index in [0.717, 1.165) is 5.92 Å². The molecule has 0 aromatic heterocycles. The monoisotopic (exact) mass is 280 g/mol. The Balaban J connectivity index is 2.09. The SMILES string of the molecule is CCC1(CC)CNC(C(C)(C)C)CN1CC1CCCC1. The van der Waals surface area contributed by atoms with Crippen molar-refractivity contribution in [3.05, 3.63) is 0 Å². The molecule has 1 N–H and O–H groups in total. The van der Waals surface area contributed by atoms with Gasteiger partial charge in [-0.1, -0.05) is 47.5 Å². The fourth-order valence-corrected chi connectivity index (χ4v) is 4.20. The van der Waals surface area contributed by atoms with Crippen LogP contribution >= 0.6 is 0 Å². The third-order valence-electron chi connectivity index (χ3n) is 6.07. The van der Waals surface area contributed by atoms with Crippen LogP contribution in [0.4, 0.5) is 0 Å². The molecule has 1 saturated heterocycles. The van der Waals surface area contributed by atoms with Gasteiger partial charge in [-0.25, -0.2) is 0 Å². The maximum atomic E-state index is 3.87. The quantitative estimate of drug-likeness (QED) is 0.835. The summed E-state index contributed by atoms with van der Waals surface area (Å²) in [7, 11) is 0. The van der Waals surface area contributed by atoms with Crippen molar-refractivity contribution in [1.29, 1.82) is 0 Å². The number of nitrogens with zero attached hydrogens (tertiary/aromatic N) is 1. The number of piperazine rings is 1. The van der Waals surface area contributed by atoms with E-state index in [2.05, 4.69) is 44.8 Å². The molecule has 0 aromatic carbocycles. The van der Waals surface area contributed by atoms with Crippen molar-refractivity contribution in [2.45, 2.75) is 84.7 Å². The fraction of sp³-hybridized carbons (Fsp3) is 1.00. The predicted molar refractivity (Wildman–Crippen MR) is 88.1 cm³/mol. The number of rotatable bonds is 4. The summed E-state index contributed by atoms with van der Waals surface area (Å²) >= 11 is 0. The van der Waals surface area contributed by atoms with Crippen molar-refractivity contribution in [1.82, 2.24) is 10.2 Å². The zero-order valence-corrected chi connectivity index (χ0v) is 14.5. The van der Waals surface area contributed by atoms with Crippen LogP contribution in [-0.2, 0) is 0 Å². The molecule has 0 radical (unpaired) electrons. The largest absolute Gasteiger partial charge is 0.310 e. The molecule has 1 saturated carbocycles. The second-order valence-electron chi connectivity index (χ2n) is 8.29. The van der Waals surface area contributed by atoms with Gasteiger partial charge in [-0.2, -0.15) is 0 Å². The Bertz CT molecular complexity index is 295. The van der Waals surface area contributed by atoms with E-state index in [4.69, 9.17) is 0 Å². The smallest absolute Gasteiger partial charge is 0.0329 e. The first-order valence-corrected chi connectivity index (χ1v) is 8.89. The van der Waals surface area contributed by atoms with Crippen LogP contribution in [0, 0.1) is 11.3 Å². The zero-order valence-electron chi connectivity index (χ0n) is 14.5. The lowest BCUT2D eigenvalue weighted by Crippen LogP contribution is -2.67. The summed E-state index contributed by atoms with van der Waals surface area (Å²) in [6.45, 7) is 15.6. The normalized spacial score (nSPS) is 28.9. The summed E-state index contributed by atoms with van der Waals surface area (Å²) in [5.74, 6) is 0.964. The molecule has 1 aliphatic carbocycles.